The molecule has 3 aromatic rings. The number of piperazine rings is 1. The molecule has 2 heterocycles. The summed E-state index contributed by atoms with van der Waals surface area (Å²) in [7, 11) is 0. The molecule has 6 nitrogen and oxygen atoms in total. The van der Waals surface area contributed by atoms with Crippen LogP contribution in [0.5, 0.6) is 0 Å². The van der Waals surface area contributed by atoms with Gasteiger partial charge in [-0.05, 0) is 48.5 Å². The van der Waals surface area contributed by atoms with E-state index < -0.39 is 5.82 Å². The molecule has 1 aliphatic heterocycles. The van der Waals surface area contributed by atoms with Gasteiger partial charge in [-0.2, -0.15) is 0 Å². The highest BCUT2D eigenvalue weighted by Crippen LogP contribution is 2.21. The molecule has 1 fully saturated rings. The van der Waals surface area contributed by atoms with E-state index in [0.717, 1.165) is 37.7 Å². The Hall–Kier alpha value is -3.20. The third-order valence-corrected chi connectivity index (χ3v) is 5.84. The van der Waals surface area contributed by atoms with Crippen LogP contribution >= 0.6 is 11.8 Å². The molecule has 4 rings (SSSR count). The van der Waals surface area contributed by atoms with E-state index in [1.54, 1.807) is 24.3 Å². The first kappa shape index (κ1) is 21.0. The molecule has 0 atom stereocenters. The summed E-state index contributed by atoms with van der Waals surface area (Å²) in [5.74, 6) is -0.125. The molecular weight excluding hydrogens is 420 g/mol. The standard InChI is InChI=1S/C22H21F2N5OS/c23-16-5-7-17(8-6-16)28-11-13-29(14-12-28)20-9-10-22(27-26-20)31-15-21(30)25-19-4-2-1-3-18(19)24/h1-10H,11-15H2,(H,25,30). The van der Waals surface area contributed by atoms with Gasteiger partial charge < -0.3 is 15.1 Å². The minimum atomic E-state index is -0.468. The number of aromatic nitrogens is 2. The van der Waals surface area contributed by atoms with Crippen LogP contribution in [-0.4, -0.2) is 48.0 Å². The van der Waals surface area contributed by atoms with Crippen molar-refractivity contribution < 1.29 is 13.6 Å². The van der Waals surface area contributed by atoms with Crippen molar-refractivity contribution in [3.8, 4) is 0 Å². The van der Waals surface area contributed by atoms with Crippen molar-refractivity contribution in [1.82, 2.24) is 10.2 Å². The van der Waals surface area contributed by atoms with Gasteiger partial charge in [-0.25, -0.2) is 8.78 Å². The number of rotatable bonds is 6. The zero-order valence-corrected chi connectivity index (χ0v) is 17.5. The minimum absolute atomic E-state index is 0.110. The zero-order valence-electron chi connectivity index (χ0n) is 16.7. The van der Waals surface area contributed by atoms with E-state index in [1.165, 1.54) is 36.0 Å². The number of carbonyl (C=O) groups excluding carboxylic acids is 1. The number of anilines is 3. The van der Waals surface area contributed by atoms with Crippen molar-refractivity contribution in [3.05, 3.63) is 72.3 Å². The Labute approximate surface area is 183 Å². The number of hydrogen-bond acceptors (Lipinski definition) is 6. The highest BCUT2D eigenvalue weighted by molar-refractivity contribution is 7.99. The number of amides is 1. The van der Waals surface area contributed by atoms with Gasteiger partial charge in [-0.1, -0.05) is 23.9 Å². The largest absolute Gasteiger partial charge is 0.368 e. The molecule has 31 heavy (non-hydrogen) atoms. The highest BCUT2D eigenvalue weighted by atomic mass is 32.2. The number of nitrogens with zero attached hydrogens (tertiary/aromatic N) is 4. The van der Waals surface area contributed by atoms with Crippen LogP contribution in [0.3, 0.4) is 0 Å². The second kappa shape index (κ2) is 9.74. The molecule has 9 heteroatoms. The van der Waals surface area contributed by atoms with Crippen molar-refractivity contribution in [2.45, 2.75) is 5.03 Å². The number of thioether (sulfide) groups is 1. The van der Waals surface area contributed by atoms with Crippen LogP contribution in [-0.2, 0) is 4.79 Å². The van der Waals surface area contributed by atoms with Crippen LogP contribution in [0.25, 0.3) is 0 Å². The van der Waals surface area contributed by atoms with Crippen LogP contribution in [0.4, 0.5) is 26.0 Å². The highest BCUT2D eigenvalue weighted by Gasteiger charge is 2.19. The van der Waals surface area contributed by atoms with E-state index in [2.05, 4.69) is 25.3 Å². The molecule has 2 aromatic carbocycles. The third kappa shape index (κ3) is 5.49. The molecule has 0 bridgehead atoms. The number of carbonyl (C=O) groups is 1. The van der Waals surface area contributed by atoms with Crippen molar-refractivity contribution in [2.75, 3.05) is 47.0 Å². The van der Waals surface area contributed by atoms with Crippen LogP contribution < -0.4 is 15.1 Å². The van der Waals surface area contributed by atoms with Gasteiger partial charge in [0.25, 0.3) is 0 Å². The topological polar surface area (TPSA) is 61.4 Å². The lowest BCUT2D eigenvalue weighted by Crippen LogP contribution is -2.46. The lowest BCUT2D eigenvalue weighted by Gasteiger charge is -2.36. The summed E-state index contributed by atoms with van der Waals surface area (Å²) < 4.78 is 26.7. The van der Waals surface area contributed by atoms with Gasteiger partial charge in [-0.3, -0.25) is 4.79 Å². The van der Waals surface area contributed by atoms with E-state index >= 15 is 0 Å². The Bertz CT molecular complexity index is 1020. The third-order valence-electron chi connectivity index (χ3n) is 4.92. The SMILES string of the molecule is O=C(CSc1ccc(N2CCN(c3ccc(F)cc3)CC2)nn1)Nc1ccccc1F. The fraction of sp³-hybridized carbons (Fsp3) is 0.227. The maximum absolute atomic E-state index is 13.6. The minimum Gasteiger partial charge on any atom is -0.368 e. The lowest BCUT2D eigenvalue weighted by atomic mass is 10.2. The molecule has 0 spiro atoms. The van der Waals surface area contributed by atoms with E-state index in [-0.39, 0.29) is 23.2 Å². The second-order valence-electron chi connectivity index (χ2n) is 7.00. The molecule has 0 aliphatic carbocycles. The summed E-state index contributed by atoms with van der Waals surface area (Å²) in [5.41, 5.74) is 1.17. The Morgan fingerprint density at radius 3 is 2.29 bits per heavy atom. The summed E-state index contributed by atoms with van der Waals surface area (Å²) in [6.07, 6.45) is 0. The average molecular weight is 442 g/mol. The smallest absolute Gasteiger partial charge is 0.234 e. The average Bonchev–Trinajstić information content (AvgIpc) is 2.80. The fourth-order valence-electron chi connectivity index (χ4n) is 3.29. The fourth-order valence-corrected chi connectivity index (χ4v) is 3.91. The van der Waals surface area contributed by atoms with E-state index in [4.69, 9.17) is 0 Å². The molecule has 160 valence electrons. The van der Waals surface area contributed by atoms with Crippen molar-refractivity contribution >= 4 is 34.9 Å². The summed E-state index contributed by atoms with van der Waals surface area (Å²) in [6, 6.07) is 16.3. The maximum Gasteiger partial charge on any atom is 0.234 e. The van der Waals surface area contributed by atoms with E-state index in [1.807, 2.05) is 12.1 Å². The number of para-hydroxylation sites is 1. The number of benzene rings is 2. The second-order valence-corrected chi connectivity index (χ2v) is 7.99. The molecule has 1 N–H and O–H groups in total. The molecule has 0 unspecified atom stereocenters. The number of halogens is 2. The molecule has 1 saturated heterocycles. The predicted octanol–water partition coefficient (Wildman–Crippen LogP) is 3.81. The molecule has 1 aromatic heterocycles. The molecule has 1 amide bonds. The first-order valence-corrected chi connectivity index (χ1v) is 10.8. The monoisotopic (exact) mass is 441 g/mol. The molecule has 0 saturated carbocycles. The van der Waals surface area contributed by atoms with E-state index in [0.29, 0.717) is 5.03 Å². The van der Waals surface area contributed by atoms with Gasteiger partial charge in [0.1, 0.15) is 16.7 Å². The van der Waals surface area contributed by atoms with Gasteiger partial charge in [0, 0.05) is 31.9 Å². The van der Waals surface area contributed by atoms with Gasteiger partial charge >= 0.3 is 0 Å². The summed E-state index contributed by atoms with van der Waals surface area (Å²) in [4.78, 5) is 16.4. The van der Waals surface area contributed by atoms with Gasteiger partial charge in [-0.15, -0.1) is 10.2 Å². The summed E-state index contributed by atoms with van der Waals surface area (Å²) in [5, 5.41) is 11.7. The molecule has 0 radical (unpaired) electrons. The zero-order chi connectivity index (χ0) is 21.6. The first-order valence-electron chi connectivity index (χ1n) is 9.85. The van der Waals surface area contributed by atoms with Gasteiger partial charge in [0.15, 0.2) is 5.82 Å². The van der Waals surface area contributed by atoms with Crippen LogP contribution in [0.15, 0.2) is 65.7 Å². The first-order chi connectivity index (χ1) is 15.1. The maximum atomic E-state index is 13.6. The lowest BCUT2D eigenvalue weighted by molar-refractivity contribution is -0.113. The van der Waals surface area contributed by atoms with Gasteiger partial charge in [0.2, 0.25) is 5.91 Å². The molecule has 1 aliphatic rings. The van der Waals surface area contributed by atoms with Crippen LogP contribution in [0.2, 0.25) is 0 Å². The van der Waals surface area contributed by atoms with Gasteiger partial charge in [0.05, 0.1) is 11.4 Å². The number of hydrogen-bond donors (Lipinski definition) is 1. The Kier molecular flexibility index (Phi) is 6.61. The number of nitrogens with one attached hydrogen (secondary N) is 1. The normalized spacial score (nSPS) is 13.9. The molecular formula is C22H21F2N5OS. The predicted molar refractivity (Wildman–Crippen MR) is 119 cm³/mol. The Balaban J connectivity index is 1.26. The van der Waals surface area contributed by atoms with Crippen molar-refractivity contribution in [2.24, 2.45) is 0 Å². The Morgan fingerprint density at radius 1 is 0.903 bits per heavy atom. The van der Waals surface area contributed by atoms with Crippen LogP contribution in [0, 0.1) is 11.6 Å². The van der Waals surface area contributed by atoms with Crippen molar-refractivity contribution in [3.63, 3.8) is 0 Å². The van der Waals surface area contributed by atoms with Crippen molar-refractivity contribution in [1.29, 1.82) is 0 Å². The summed E-state index contributed by atoms with van der Waals surface area (Å²) >= 11 is 1.24. The Morgan fingerprint density at radius 2 is 1.61 bits per heavy atom. The summed E-state index contributed by atoms with van der Waals surface area (Å²) in [6.45, 7) is 3.17. The van der Waals surface area contributed by atoms with Crippen LogP contribution in [0.1, 0.15) is 0 Å². The van der Waals surface area contributed by atoms with E-state index in [9.17, 15) is 13.6 Å². The quantitative estimate of drug-likeness (QED) is 0.587.